The van der Waals surface area contributed by atoms with E-state index in [1.54, 1.807) is 17.5 Å². The van der Waals surface area contributed by atoms with Crippen LogP contribution in [0.2, 0.25) is 0 Å². The molecule has 1 aromatic carbocycles. The lowest BCUT2D eigenvalue weighted by atomic mass is 10.2. The summed E-state index contributed by atoms with van der Waals surface area (Å²) < 4.78 is 8.29. The minimum atomic E-state index is -0.906. The second-order valence-electron chi connectivity index (χ2n) is 5.69. The molecule has 3 aromatic rings. The van der Waals surface area contributed by atoms with Crippen molar-refractivity contribution in [1.29, 1.82) is 0 Å². The van der Waals surface area contributed by atoms with Crippen LogP contribution in [-0.2, 0) is 0 Å². The van der Waals surface area contributed by atoms with Crippen LogP contribution in [0.5, 0.6) is 0 Å². The maximum Gasteiger partial charge on any atom is 0.407 e. The molecule has 0 radical (unpaired) electrons. The number of nitrogens with one attached hydrogen (secondary N) is 1. The topological polar surface area (TPSA) is 112 Å². The molecule has 0 aliphatic carbocycles. The fraction of sp³-hybridized carbons (Fsp3) is 0.267. The van der Waals surface area contributed by atoms with Crippen molar-refractivity contribution in [2.75, 3.05) is 36.4 Å². The van der Waals surface area contributed by atoms with Gasteiger partial charge in [0, 0.05) is 37.2 Å². The van der Waals surface area contributed by atoms with Gasteiger partial charge < -0.3 is 20.2 Å². The Balaban J connectivity index is 1.42. The standard InChI is InChI=1S/C15H14N6O3S2/c22-13(16-9-1-2-10-11(7-9)19-26-18-10)12-8-25-14(17-12)20-3-5-21(6-4-20)15(23)24/h1-2,7-8H,3-6H2,(H,16,22)(H,23,24). The first-order chi connectivity index (χ1) is 12.6. The highest BCUT2D eigenvalue weighted by atomic mass is 32.1. The third-order valence-electron chi connectivity index (χ3n) is 4.06. The van der Waals surface area contributed by atoms with Gasteiger partial charge in [-0.05, 0) is 18.2 Å². The summed E-state index contributed by atoms with van der Waals surface area (Å²) in [5.41, 5.74) is 2.51. The molecule has 134 valence electrons. The molecule has 0 spiro atoms. The molecule has 1 fully saturated rings. The van der Waals surface area contributed by atoms with E-state index in [1.165, 1.54) is 16.2 Å². The summed E-state index contributed by atoms with van der Waals surface area (Å²) >= 11 is 2.50. The number of aromatic nitrogens is 3. The average Bonchev–Trinajstić information content (AvgIpc) is 3.31. The number of carboxylic acid groups (broad SMARTS) is 1. The zero-order valence-corrected chi connectivity index (χ0v) is 15.1. The van der Waals surface area contributed by atoms with Crippen molar-refractivity contribution in [3.63, 3.8) is 0 Å². The minimum absolute atomic E-state index is 0.292. The van der Waals surface area contributed by atoms with Crippen LogP contribution in [-0.4, -0.2) is 61.9 Å². The Morgan fingerprint density at radius 1 is 1.12 bits per heavy atom. The number of anilines is 2. The fourth-order valence-corrected chi connectivity index (χ4v) is 4.03. The van der Waals surface area contributed by atoms with Gasteiger partial charge in [0.2, 0.25) is 0 Å². The van der Waals surface area contributed by atoms with Gasteiger partial charge in [0.05, 0.1) is 11.7 Å². The second kappa shape index (κ2) is 6.84. The number of hydrogen-bond donors (Lipinski definition) is 2. The molecule has 3 heterocycles. The highest BCUT2D eigenvalue weighted by molar-refractivity contribution is 7.14. The summed E-state index contributed by atoms with van der Waals surface area (Å²) in [6.45, 7) is 1.99. The average molecular weight is 390 g/mol. The zero-order chi connectivity index (χ0) is 18.1. The van der Waals surface area contributed by atoms with E-state index in [2.05, 4.69) is 19.0 Å². The predicted molar refractivity (Wildman–Crippen MR) is 99.3 cm³/mol. The van der Waals surface area contributed by atoms with Gasteiger partial charge in [-0.25, -0.2) is 9.78 Å². The van der Waals surface area contributed by atoms with Crippen molar-refractivity contribution in [2.45, 2.75) is 0 Å². The molecular weight excluding hydrogens is 376 g/mol. The molecule has 2 aromatic heterocycles. The van der Waals surface area contributed by atoms with Crippen molar-refractivity contribution in [3.05, 3.63) is 29.3 Å². The van der Waals surface area contributed by atoms with E-state index < -0.39 is 6.09 Å². The van der Waals surface area contributed by atoms with Gasteiger partial charge in [0.15, 0.2) is 5.13 Å². The number of carbonyl (C=O) groups is 2. The van der Waals surface area contributed by atoms with Crippen molar-refractivity contribution < 1.29 is 14.7 Å². The van der Waals surface area contributed by atoms with Crippen LogP contribution < -0.4 is 10.2 Å². The van der Waals surface area contributed by atoms with Crippen LogP contribution in [0, 0.1) is 0 Å². The normalized spacial score (nSPS) is 14.6. The van der Waals surface area contributed by atoms with Crippen molar-refractivity contribution in [3.8, 4) is 0 Å². The van der Waals surface area contributed by atoms with Crippen LogP contribution in [0.3, 0.4) is 0 Å². The largest absolute Gasteiger partial charge is 0.465 e. The first-order valence-electron chi connectivity index (χ1n) is 7.82. The quantitative estimate of drug-likeness (QED) is 0.705. The maximum atomic E-state index is 12.4. The predicted octanol–water partition coefficient (Wildman–Crippen LogP) is 2.20. The Morgan fingerprint density at radius 2 is 1.88 bits per heavy atom. The lowest BCUT2D eigenvalue weighted by Crippen LogP contribution is -2.48. The Hall–Kier alpha value is -2.79. The van der Waals surface area contributed by atoms with Crippen LogP contribution >= 0.6 is 23.1 Å². The number of fused-ring (bicyclic) bond motifs is 1. The molecule has 2 amide bonds. The number of carbonyl (C=O) groups excluding carboxylic acids is 1. The van der Waals surface area contributed by atoms with Crippen molar-refractivity contribution in [2.24, 2.45) is 0 Å². The van der Waals surface area contributed by atoms with Crippen LogP contribution in [0.15, 0.2) is 23.6 Å². The van der Waals surface area contributed by atoms with Crippen LogP contribution in [0.25, 0.3) is 11.0 Å². The van der Waals surface area contributed by atoms with Crippen LogP contribution in [0.4, 0.5) is 15.6 Å². The second-order valence-corrected chi connectivity index (χ2v) is 7.06. The Labute approximate surface area is 156 Å². The smallest absolute Gasteiger partial charge is 0.407 e. The molecule has 11 heteroatoms. The first-order valence-corrected chi connectivity index (χ1v) is 9.43. The number of thiazole rings is 1. The van der Waals surface area contributed by atoms with Gasteiger partial charge in [-0.15, -0.1) is 11.3 Å². The molecule has 1 aliphatic heterocycles. The van der Waals surface area contributed by atoms with Gasteiger partial charge in [0.25, 0.3) is 5.91 Å². The molecule has 0 atom stereocenters. The molecule has 0 unspecified atom stereocenters. The van der Waals surface area contributed by atoms with Gasteiger partial charge in [-0.1, -0.05) is 0 Å². The van der Waals surface area contributed by atoms with E-state index in [1.807, 2.05) is 11.0 Å². The summed E-state index contributed by atoms with van der Waals surface area (Å²) in [4.78, 5) is 31.1. The third-order valence-corrected chi connectivity index (χ3v) is 5.52. The fourth-order valence-electron chi connectivity index (χ4n) is 2.66. The first kappa shape index (κ1) is 16.7. The summed E-state index contributed by atoms with van der Waals surface area (Å²) in [5.74, 6) is -0.292. The monoisotopic (exact) mass is 390 g/mol. The van der Waals surface area contributed by atoms with E-state index in [0.717, 1.165) is 27.9 Å². The number of nitrogens with zero attached hydrogens (tertiary/aromatic N) is 5. The number of benzene rings is 1. The van der Waals surface area contributed by atoms with E-state index in [9.17, 15) is 9.59 Å². The lowest BCUT2D eigenvalue weighted by Gasteiger charge is -2.32. The zero-order valence-electron chi connectivity index (χ0n) is 13.5. The van der Waals surface area contributed by atoms with Gasteiger partial charge in [-0.2, -0.15) is 8.75 Å². The summed E-state index contributed by atoms with van der Waals surface area (Å²) in [7, 11) is 0. The molecule has 26 heavy (non-hydrogen) atoms. The van der Waals surface area contributed by atoms with E-state index >= 15 is 0 Å². The maximum absolute atomic E-state index is 12.4. The lowest BCUT2D eigenvalue weighted by molar-refractivity contribution is 0.102. The third kappa shape index (κ3) is 3.30. The molecule has 4 rings (SSSR count). The summed E-state index contributed by atoms with van der Waals surface area (Å²) in [6, 6.07) is 5.36. The minimum Gasteiger partial charge on any atom is -0.465 e. The Bertz CT molecular complexity index is 963. The summed E-state index contributed by atoms with van der Waals surface area (Å²) in [6.07, 6.45) is -0.906. The number of amides is 2. The van der Waals surface area contributed by atoms with Gasteiger partial charge in [-0.3, -0.25) is 4.79 Å². The SMILES string of the molecule is O=C(Nc1ccc2nsnc2c1)c1csc(N2CCN(C(=O)O)CC2)n1. The van der Waals surface area contributed by atoms with E-state index in [0.29, 0.717) is 37.6 Å². The van der Waals surface area contributed by atoms with Gasteiger partial charge in [0.1, 0.15) is 16.7 Å². The molecule has 0 bridgehead atoms. The molecule has 1 saturated heterocycles. The number of piperazine rings is 1. The van der Waals surface area contributed by atoms with Crippen molar-refractivity contribution >= 4 is 56.9 Å². The van der Waals surface area contributed by atoms with E-state index in [-0.39, 0.29) is 5.91 Å². The number of hydrogen-bond acceptors (Lipinski definition) is 8. The Morgan fingerprint density at radius 3 is 2.65 bits per heavy atom. The highest BCUT2D eigenvalue weighted by Gasteiger charge is 2.23. The molecule has 2 N–H and O–H groups in total. The molecular formula is C15H14N6O3S2. The highest BCUT2D eigenvalue weighted by Crippen LogP contribution is 2.23. The molecule has 0 saturated carbocycles. The Kier molecular flexibility index (Phi) is 4.39. The van der Waals surface area contributed by atoms with Crippen molar-refractivity contribution in [1.82, 2.24) is 18.6 Å². The molecule has 1 aliphatic rings. The summed E-state index contributed by atoms with van der Waals surface area (Å²) in [5, 5.41) is 14.2. The van der Waals surface area contributed by atoms with Gasteiger partial charge >= 0.3 is 6.09 Å². The van der Waals surface area contributed by atoms with Crippen LogP contribution in [0.1, 0.15) is 10.5 Å². The van der Waals surface area contributed by atoms with E-state index in [4.69, 9.17) is 5.11 Å². The molecule has 9 nitrogen and oxygen atoms in total. The number of rotatable bonds is 3.